The number of carbonyl (C=O) groups is 2. The van der Waals surface area contributed by atoms with E-state index in [2.05, 4.69) is 30.8 Å². The Morgan fingerprint density at radius 1 is 1.24 bits per heavy atom. The fraction of sp³-hybridized carbons (Fsp3) is 0.520. The molecular weight excluding hydrogens is 591 g/mol. The molecular formula is C25H35N7O6S3. The number of hydrogen-bond donors (Lipinski definition) is 4. The molecule has 16 heteroatoms. The van der Waals surface area contributed by atoms with Gasteiger partial charge in [-0.1, -0.05) is 25.2 Å². The average Bonchev–Trinajstić information content (AvgIpc) is 3.59. The van der Waals surface area contributed by atoms with Crippen LogP contribution < -0.4 is 16.0 Å². The number of nitrogens with zero attached hydrogens (tertiary/aromatic N) is 4. The first-order valence-corrected chi connectivity index (χ1v) is 16.3. The van der Waals surface area contributed by atoms with Crippen LogP contribution in [0.15, 0.2) is 34.8 Å². The summed E-state index contributed by atoms with van der Waals surface area (Å²) in [5, 5.41) is 19.5. The van der Waals surface area contributed by atoms with Crippen molar-refractivity contribution >= 4 is 60.0 Å². The molecule has 0 radical (unpaired) electrons. The lowest BCUT2D eigenvalue weighted by Crippen LogP contribution is -2.46. The Morgan fingerprint density at radius 3 is 2.73 bits per heavy atom. The summed E-state index contributed by atoms with van der Waals surface area (Å²) in [5.74, 6) is -0.184. The molecule has 41 heavy (non-hydrogen) atoms. The van der Waals surface area contributed by atoms with Gasteiger partial charge in [-0.2, -0.15) is 4.31 Å². The lowest BCUT2D eigenvalue weighted by Gasteiger charge is -2.26. The molecule has 0 unspecified atom stereocenters. The number of ether oxygens (including phenoxy) is 1. The molecule has 1 atom stereocenters. The fourth-order valence-electron chi connectivity index (χ4n) is 4.18. The first-order chi connectivity index (χ1) is 19.6. The van der Waals surface area contributed by atoms with E-state index in [1.165, 1.54) is 39.1 Å². The van der Waals surface area contributed by atoms with Crippen molar-refractivity contribution in [2.45, 2.75) is 31.5 Å². The first kappa shape index (κ1) is 31.2. The molecule has 1 aliphatic heterocycles. The highest BCUT2D eigenvalue weighted by Crippen LogP contribution is 2.29. The van der Waals surface area contributed by atoms with E-state index in [0.29, 0.717) is 15.3 Å². The number of fused-ring (bicyclic) bond motifs is 1. The van der Waals surface area contributed by atoms with Crippen LogP contribution in [0, 0.1) is 5.92 Å². The number of sulfonamides is 1. The molecule has 1 fully saturated rings. The van der Waals surface area contributed by atoms with Crippen LogP contribution in [-0.4, -0.2) is 103 Å². The maximum Gasteiger partial charge on any atom is 0.407 e. The van der Waals surface area contributed by atoms with Crippen molar-refractivity contribution in [1.29, 1.82) is 0 Å². The van der Waals surface area contributed by atoms with Crippen molar-refractivity contribution in [2.75, 3.05) is 57.7 Å². The van der Waals surface area contributed by atoms with Crippen molar-refractivity contribution in [2.24, 2.45) is 5.92 Å². The molecule has 2 aromatic heterocycles. The van der Waals surface area contributed by atoms with Crippen LogP contribution in [0.5, 0.6) is 0 Å². The normalized spacial score (nSPS) is 15.3. The van der Waals surface area contributed by atoms with Gasteiger partial charge < -0.3 is 25.8 Å². The summed E-state index contributed by atoms with van der Waals surface area (Å²) in [4.78, 5) is 35.7. The molecule has 0 saturated carbocycles. The number of aliphatic hydroxyl groups excluding tert-OH is 1. The van der Waals surface area contributed by atoms with Gasteiger partial charge in [0.1, 0.15) is 6.61 Å². The Morgan fingerprint density at radius 2 is 2.02 bits per heavy atom. The van der Waals surface area contributed by atoms with Gasteiger partial charge in [0, 0.05) is 52.0 Å². The number of aliphatic hydroxyl groups is 1. The summed E-state index contributed by atoms with van der Waals surface area (Å²) >= 11 is 2.55. The third kappa shape index (κ3) is 9.13. The number of alkyl carbamates (subject to hydrolysis) is 1. The van der Waals surface area contributed by atoms with Crippen molar-refractivity contribution in [3.8, 4) is 0 Å². The van der Waals surface area contributed by atoms with E-state index < -0.39 is 22.2 Å². The number of anilines is 1. The van der Waals surface area contributed by atoms with E-state index in [-0.39, 0.29) is 49.5 Å². The van der Waals surface area contributed by atoms with E-state index in [9.17, 15) is 23.1 Å². The highest BCUT2D eigenvalue weighted by molar-refractivity contribution is 7.89. The number of hydrogen-bond acceptors (Lipinski definition) is 12. The van der Waals surface area contributed by atoms with E-state index >= 15 is 0 Å². The number of piperazine rings is 1. The number of carbonyl (C=O) groups excluding carboxylic acids is 2. The second-order valence-corrected chi connectivity index (χ2v) is 14.0. The van der Waals surface area contributed by atoms with Crippen LogP contribution in [0.2, 0.25) is 0 Å². The SMILES string of the molecule is CC(C)CN(C[C@@H](O)CNC(=O)OCc1cncs1)S(=O)(=O)c1ccc2nc(NC(=O)CN3CCNCC3)sc2c1. The Hall–Kier alpha value is -2.73. The molecule has 1 aliphatic rings. The van der Waals surface area contributed by atoms with Gasteiger partial charge in [0.2, 0.25) is 15.9 Å². The summed E-state index contributed by atoms with van der Waals surface area (Å²) < 4.78 is 34.2. The van der Waals surface area contributed by atoms with Crippen LogP contribution in [0.4, 0.5) is 9.93 Å². The highest BCUT2D eigenvalue weighted by Gasteiger charge is 2.28. The van der Waals surface area contributed by atoms with Crippen molar-refractivity contribution in [1.82, 2.24) is 29.8 Å². The van der Waals surface area contributed by atoms with Gasteiger partial charge in [0.05, 0.1) is 38.1 Å². The van der Waals surface area contributed by atoms with Gasteiger partial charge >= 0.3 is 6.09 Å². The second-order valence-electron chi connectivity index (χ2n) is 10.0. The van der Waals surface area contributed by atoms with Crippen LogP contribution >= 0.6 is 22.7 Å². The van der Waals surface area contributed by atoms with E-state index in [1.807, 2.05) is 13.8 Å². The fourth-order valence-corrected chi connectivity index (χ4v) is 7.35. The number of amides is 2. The molecule has 0 bridgehead atoms. The number of thiazole rings is 2. The average molecular weight is 626 g/mol. The number of aromatic nitrogens is 2. The minimum atomic E-state index is -3.99. The van der Waals surface area contributed by atoms with Crippen molar-refractivity contribution in [3.63, 3.8) is 0 Å². The summed E-state index contributed by atoms with van der Waals surface area (Å²) in [7, 11) is -3.99. The Balaban J connectivity index is 1.38. The van der Waals surface area contributed by atoms with Gasteiger partial charge in [-0.25, -0.2) is 18.2 Å². The molecule has 3 heterocycles. The van der Waals surface area contributed by atoms with Crippen molar-refractivity contribution in [3.05, 3.63) is 34.8 Å². The number of rotatable bonds is 13. The lowest BCUT2D eigenvalue weighted by molar-refractivity contribution is -0.117. The molecule has 13 nitrogen and oxygen atoms in total. The maximum absolute atomic E-state index is 13.6. The summed E-state index contributed by atoms with van der Waals surface area (Å²) in [6.07, 6.45) is -0.289. The molecule has 4 N–H and O–H groups in total. The summed E-state index contributed by atoms with van der Waals surface area (Å²) in [6.45, 7) is 7.13. The van der Waals surface area contributed by atoms with Crippen LogP contribution in [0.1, 0.15) is 18.7 Å². The number of benzene rings is 1. The van der Waals surface area contributed by atoms with Gasteiger partial charge in [0.25, 0.3) is 0 Å². The van der Waals surface area contributed by atoms with Crippen LogP contribution in [0.3, 0.4) is 0 Å². The largest absolute Gasteiger partial charge is 0.444 e. The predicted molar refractivity (Wildman–Crippen MR) is 157 cm³/mol. The van der Waals surface area contributed by atoms with Gasteiger partial charge in [0.15, 0.2) is 5.13 Å². The smallest absolute Gasteiger partial charge is 0.407 e. The summed E-state index contributed by atoms with van der Waals surface area (Å²) in [6, 6.07) is 4.61. The van der Waals surface area contributed by atoms with E-state index in [4.69, 9.17) is 4.74 Å². The van der Waals surface area contributed by atoms with E-state index in [1.54, 1.807) is 17.8 Å². The Labute approximate surface area is 247 Å². The lowest BCUT2D eigenvalue weighted by atomic mass is 10.2. The Kier molecular flexibility index (Phi) is 11.0. The van der Waals surface area contributed by atoms with Gasteiger partial charge in [-0.15, -0.1) is 11.3 Å². The molecule has 1 aromatic carbocycles. The molecule has 0 spiro atoms. The molecule has 2 amide bonds. The molecule has 224 valence electrons. The van der Waals surface area contributed by atoms with E-state index in [0.717, 1.165) is 31.1 Å². The monoisotopic (exact) mass is 625 g/mol. The Bertz CT molecular complexity index is 1410. The molecule has 1 saturated heterocycles. The standard InChI is InChI=1S/C25H35N7O6S3/c1-17(2)12-32(13-18(33)10-28-25(35)38-15-19-11-27-16-39-19)41(36,37)20-3-4-21-22(9-20)40-24(29-21)30-23(34)14-31-7-5-26-6-8-31/h3-4,9,11,16-18,26,33H,5-8,10,12-15H2,1-2H3,(H,28,35)(H,29,30,34)/t18-/m0/s1. The molecule has 3 aromatic rings. The quantitative estimate of drug-likeness (QED) is 0.219. The molecule has 0 aliphatic carbocycles. The number of nitrogens with one attached hydrogen (secondary N) is 3. The minimum Gasteiger partial charge on any atom is -0.444 e. The van der Waals surface area contributed by atoms with Crippen LogP contribution in [-0.2, 0) is 26.2 Å². The summed E-state index contributed by atoms with van der Waals surface area (Å²) in [5.41, 5.74) is 2.20. The zero-order chi connectivity index (χ0) is 29.4. The van der Waals surface area contributed by atoms with Crippen molar-refractivity contribution < 1.29 is 27.9 Å². The predicted octanol–water partition coefficient (Wildman–Crippen LogP) is 1.53. The second kappa shape index (κ2) is 14.4. The first-order valence-electron chi connectivity index (χ1n) is 13.2. The zero-order valence-electron chi connectivity index (χ0n) is 22.9. The third-order valence-corrected chi connectivity index (χ3v) is 9.63. The maximum atomic E-state index is 13.6. The highest BCUT2D eigenvalue weighted by atomic mass is 32.2. The zero-order valence-corrected chi connectivity index (χ0v) is 25.4. The topological polar surface area (TPSA) is 166 Å². The van der Waals surface area contributed by atoms with Gasteiger partial charge in [-0.3, -0.25) is 14.7 Å². The molecule has 4 rings (SSSR count). The van der Waals surface area contributed by atoms with Gasteiger partial charge in [-0.05, 0) is 24.1 Å². The third-order valence-electron chi connectivity index (χ3n) is 6.12. The van der Waals surface area contributed by atoms with Crippen LogP contribution in [0.25, 0.3) is 10.2 Å². The minimum absolute atomic E-state index is 0.0149.